The second kappa shape index (κ2) is 8.06. The summed E-state index contributed by atoms with van der Waals surface area (Å²) in [7, 11) is -6.73. The lowest BCUT2D eigenvalue weighted by molar-refractivity contribution is 0.274. The van der Waals surface area contributed by atoms with Crippen molar-refractivity contribution in [1.29, 1.82) is 0 Å². The van der Waals surface area contributed by atoms with Gasteiger partial charge in [0, 0.05) is 19.6 Å². The largest absolute Gasteiger partial charge is 0.494 e. The lowest BCUT2D eigenvalue weighted by Crippen LogP contribution is -2.42. The summed E-state index contributed by atoms with van der Waals surface area (Å²) in [5, 5.41) is -0.185. The summed E-state index contributed by atoms with van der Waals surface area (Å²) >= 11 is 0. The third-order valence-electron chi connectivity index (χ3n) is 5.20. The number of rotatable bonds is 8. The average molecular weight is 417 g/mol. The molecule has 0 atom stereocenters. The molecule has 0 unspecified atom stereocenters. The smallest absolute Gasteiger partial charge is 0.240 e. The Labute approximate surface area is 162 Å². The number of aryl methyl sites for hydroxylation is 1. The maximum absolute atomic E-state index is 12.6. The van der Waals surface area contributed by atoms with Gasteiger partial charge in [0.1, 0.15) is 5.75 Å². The van der Waals surface area contributed by atoms with E-state index in [4.69, 9.17) is 4.74 Å². The third-order valence-corrected chi connectivity index (χ3v) is 9.02. The molecule has 2 fully saturated rings. The molecule has 1 N–H and O–H groups in total. The van der Waals surface area contributed by atoms with Gasteiger partial charge in [-0.2, -0.15) is 0 Å². The zero-order chi connectivity index (χ0) is 19.7. The highest BCUT2D eigenvalue weighted by Crippen LogP contribution is 2.33. The lowest BCUT2D eigenvalue weighted by atomic mass is 9.99. The van der Waals surface area contributed by atoms with Crippen molar-refractivity contribution in [3.05, 3.63) is 23.8 Å². The van der Waals surface area contributed by atoms with Crippen molar-refractivity contribution < 1.29 is 21.6 Å². The SMILES string of the molecule is CCOc1ccc(S(=O)(=O)NCC2CCN(S(=O)(=O)C3CC3)CC2)cc1C. The normalized spacial score (nSPS) is 19.9. The molecule has 1 aliphatic carbocycles. The Balaban J connectivity index is 1.54. The molecule has 0 bridgehead atoms. The quantitative estimate of drug-likeness (QED) is 0.698. The van der Waals surface area contributed by atoms with Crippen LogP contribution in [0.2, 0.25) is 0 Å². The Bertz CT molecular complexity index is 871. The van der Waals surface area contributed by atoms with Crippen LogP contribution in [0.5, 0.6) is 5.75 Å². The molecule has 1 aromatic rings. The molecular formula is C18H28N2O5S2. The van der Waals surface area contributed by atoms with Gasteiger partial charge in [-0.3, -0.25) is 0 Å². The van der Waals surface area contributed by atoms with Crippen LogP contribution in [0.1, 0.15) is 38.2 Å². The molecule has 1 saturated carbocycles. The summed E-state index contributed by atoms with van der Waals surface area (Å²) in [6, 6.07) is 4.83. The van der Waals surface area contributed by atoms with Crippen LogP contribution in [-0.2, 0) is 20.0 Å². The molecule has 0 aromatic heterocycles. The first-order valence-electron chi connectivity index (χ1n) is 9.46. The number of nitrogens with one attached hydrogen (secondary N) is 1. The highest BCUT2D eigenvalue weighted by Gasteiger charge is 2.41. The summed E-state index contributed by atoms with van der Waals surface area (Å²) in [6.45, 7) is 5.51. The van der Waals surface area contributed by atoms with Gasteiger partial charge in [-0.25, -0.2) is 25.9 Å². The standard InChI is InChI=1S/C18H28N2O5S2/c1-3-25-18-7-6-17(12-14(18)2)26(21,22)19-13-15-8-10-20(11-9-15)27(23,24)16-4-5-16/h6-7,12,15-16,19H,3-5,8-11,13H2,1-2H3. The highest BCUT2D eigenvalue weighted by molar-refractivity contribution is 7.90. The van der Waals surface area contributed by atoms with Crippen LogP contribution in [-0.4, -0.2) is 52.6 Å². The monoisotopic (exact) mass is 416 g/mol. The van der Waals surface area contributed by atoms with Crippen LogP contribution >= 0.6 is 0 Å². The van der Waals surface area contributed by atoms with Crippen molar-refractivity contribution in [3.8, 4) is 5.75 Å². The topological polar surface area (TPSA) is 92.8 Å². The summed E-state index contributed by atoms with van der Waals surface area (Å²) in [5.74, 6) is 0.829. The first-order chi connectivity index (χ1) is 12.7. The van der Waals surface area contributed by atoms with Crippen LogP contribution in [0, 0.1) is 12.8 Å². The van der Waals surface area contributed by atoms with Crippen LogP contribution in [0.4, 0.5) is 0 Å². The molecule has 3 rings (SSSR count). The summed E-state index contributed by atoms with van der Waals surface area (Å²) in [4.78, 5) is 0.220. The van der Waals surface area contributed by atoms with Gasteiger partial charge in [-0.15, -0.1) is 0 Å². The van der Waals surface area contributed by atoms with E-state index in [0.29, 0.717) is 44.8 Å². The van der Waals surface area contributed by atoms with E-state index in [1.54, 1.807) is 22.5 Å². The fourth-order valence-electron chi connectivity index (χ4n) is 3.36. The Kier molecular flexibility index (Phi) is 6.14. The molecule has 1 aliphatic heterocycles. The minimum Gasteiger partial charge on any atom is -0.494 e. The Morgan fingerprint density at radius 2 is 1.78 bits per heavy atom. The van der Waals surface area contributed by atoms with Gasteiger partial charge in [-0.1, -0.05) is 0 Å². The molecular weight excluding hydrogens is 388 g/mol. The second-order valence-corrected chi connectivity index (χ2v) is 11.3. The van der Waals surface area contributed by atoms with Crippen molar-refractivity contribution in [1.82, 2.24) is 9.03 Å². The van der Waals surface area contributed by atoms with Crippen LogP contribution < -0.4 is 9.46 Å². The number of hydrogen-bond acceptors (Lipinski definition) is 5. The number of piperidine rings is 1. The third kappa shape index (κ3) is 4.82. The van der Waals surface area contributed by atoms with Crippen molar-refractivity contribution in [3.63, 3.8) is 0 Å². The maximum Gasteiger partial charge on any atom is 0.240 e. The lowest BCUT2D eigenvalue weighted by Gasteiger charge is -2.31. The van der Waals surface area contributed by atoms with Crippen molar-refractivity contribution in [2.45, 2.75) is 49.7 Å². The van der Waals surface area contributed by atoms with E-state index in [-0.39, 0.29) is 16.1 Å². The fourth-order valence-corrected chi connectivity index (χ4v) is 6.44. The van der Waals surface area contributed by atoms with Crippen molar-refractivity contribution in [2.75, 3.05) is 26.2 Å². The molecule has 0 radical (unpaired) electrons. The number of benzene rings is 1. The number of sulfonamides is 2. The first-order valence-corrected chi connectivity index (χ1v) is 12.4. The molecule has 9 heteroatoms. The van der Waals surface area contributed by atoms with Crippen LogP contribution in [0.15, 0.2) is 23.1 Å². The number of ether oxygens (including phenoxy) is 1. The zero-order valence-electron chi connectivity index (χ0n) is 15.8. The summed E-state index contributed by atoms with van der Waals surface area (Å²) in [5.41, 5.74) is 0.776. The van der Waals surface area contributed by atoms with Gasteiger partial charge < -0.3 is 4.74 Å². The van der Waals surface area contributed by atoms with E-state index in [9.17, 15) is 16.8 Å². The first kappa shape index (κ1) is 20.6. The summed E-state index contributed by atoms with van der Waals surface area (Å²) < 4.78 is 59.4. The summed E-state index contributed by atoms with van der Waals surface area (Å²) in [6.07, 6.45) is 2.89. The van der Waals surface area contributed by atoms with Gasteiger partial charge in [0.25, 0.3) is 0 Å². The van der Waals surface area contributed by atoms with Crippen molar-refractivity contribution in [2.24, 2.45) is 5.92 Å². The molecule has 1 aromatic carbocycles. The van der Waals surface area contributed by atoms with E-state index >= 15 is 0 Å². The molecule has 1 saturated heterocycles. The Hall–Kier alpha value is -1.16. The zero-order valence-corrected chi connectivity index (χ0v) is 17.5. The Morgan fingerprint density at radius 1 is 1.11 bits per heavy atom. The van der Waals surface area contributed by atoms with Crippen LogP contribution in [0.25, 0.3) is 0 Å². The van der Waals surface area contributed by atoms with E-state index in [0.717, 1.165) is 18.4 Å². The van der Waals surface area contributed by atoms with E-state index < -0.39 is 20.0 Å². The molecule has 2 aliphatic rings. The van der Waals surface area contributed by atoms with Gasteiger partial charge >= 0.3 is 0 Å². The molecule has 0 amide bonds. The molecule has 27 heavy (non-hydrogen) atoms. The van der Waals surface area contributed by atoms with E-state index in [1.165, 1.54) is 0 Å². The molecule has 0 spiro atoms. The Morgan fingerprint density at radius 3 is 2.33 bits per heavy atom. The minimum atomic E-state index is -3.60. The minimum absolute atomic E-state index is 0.147. The fraction of sp³-hybridized carbons (Fsp3) is 0.667. The number of hydrogen-bond donors (Lipinski definition) is 1. The highest BCUT2D eigenvalue weighted by atomic mass is 32.2. The van der Waals surface area contributed by atoms with E-state index in [2.05, 4.69) is 4.72 Å². The predicted octanol–water partition coefficient (Wildman–Crippen LogP) is 1.88. The molecule has 1 heterocycles. The maximum atomic E-state index is 12.6. The predicted molar refractivity (Wildman–Crippen MR) is 104 cm³/mol. The molecule has 152 valence electrons. The van der Waals surface area contributed by atoms with Crippen LogP contribution in [0.3, 0.4) is 0 Å². The van der Waals surface area contributed by atoms with Gasteiger partial charge in [-0.05, 0) is 69.2 Å². The van der Waals surface area contributed by atoms with Gasteiger partial charge in [0.05, 0.1) is 16.8 Å². The second-order valence-electron chi connectivity index (χ2n) is 7.30. The average Bonchev–Trinajstić information content (AvgIpc) is 3.48. The van der Waals surface area contributed by atoms with E-state index in [1.807, 2.05) is 13.8 Å². The van der Waals surface area contributed by atoms with Gasteiger partial charge in [0.15, 0.2) is 0 Å². The van der Waals surface area contributed by atoms with Gasteiger partial charge in [0.2, 0.25) is 20.0 Å². The number of nitrogens with zero attached hydrogens (tertiary/aromatic N) is 1. The van der Waals surface area contributed by atoms with Crippen molar-refractivity contribution >= 4 is 20.0 Å². The molecule has 7 nitrogen and oxygen atoms in total.